The number of nitrogens with one attached hydrogen (secondary N) is 2. The molecule has 1 heterocycles. The number of rotatable bonds is 5. The van der Waals surface area contributed by atoms with E-state index in [2.05, 4.69) is 15.6 Å². The molecule has 118 valence electrons. The van der Waals surface area contributed by atoms with Crippen LogP contribution in [0.1, 0.15) is 31.7 Å². The summed E-state index contributed by atoms with van der Waals surface area (Å²) in [4.78, 5) is 4.13. The number of hydrogen-bond donors (Lipinski definition) is 3. The summed E-state index contributed by atoms with van der Waals surface area (Å²) < 4.78 is 38.6. The minimum atomic E-state index is -4.40. The Labute approximate surface area is 121 Å². The van der Waals surface area contributed by atoms with E-state index < -0.39 is 11.7 Å². The first-order valence-corrected chi connectivity index (χ1v) is 7.13. The molecule has 0 amide bonds. The van der Waals surface area contributed by atoms with Gasteiger partial charge in [-0.25, -0.2) is 4.98 Å². The largest absolute Gasteiger partial charge is 0.416 e. The fourth-order valence-corrected chi connectivity index (χ4v) is 2.54. The van der Waals surface area contributed by atoms with Crippen molar-refractivity contribution in [2.24, 2.45) is 5.92 Å². The molecule has 0 spiro atoms. The molecule has 0 bridgehead atoms. The van der Waals surface area contributed by atoms with Gasteiger partial charge in [0.15, 0.2) is 0 Å². The van der Waals surface area contributed by atoms with E-state index in [-0.39, 0.29) is 23.7 Å². The Kier molecular flexibility index (Phi) is 4.92. The number of anilines is 2. The molecule has 0 radical (unpaired) electrons. The molecule has 0 aromatic carbocycles. The number of aromatic nitrogens is 1. The van der Waals surface area contributed by atoms with Gasteiger partial charge in [0.2, 0.25) is 0 Å². The molecule has 1 aliphatic rings. The molecular formula is C14H20F3N3O. The molecule has 3 N–H and O–H groups in total. The van der Waals surface area contributed by atoms with E-state index >= 15 is 0 Å². The fourth-order valence-electron chi connectivity index (χ4n) is 2.54. The molecule has 1 fully saturated rings. The number of aliphatic hydroxyl groups is 1. The molecule has 0 aliphatic heterocycles. The van der Waals surface area contributed by atoms with Crippen molar-refractivity contribution in [1.82, 2.24) is 4.98 Å². The van der Waals surface area contributed by atoms with Crippen molar-refractivity contribution in [1.29, 1.82) is 0 Å². The van der Waals surface area contributed by atoms with Crippen LogP contribution in [0.3, 0.4) is 0 Å². The molecule has 1 aromatic heterocycles. The smallest absolute Gasteiger partial charge is 0.393 e. The Balaban J connectivity index is 2.08. The molecule has 0 saturated heterocycles. The molecule has 1 aromatic rings. The molecule has 2 atom stereocenters. The first kappa shape index (κ1) is 15.9. The predicted octanol–water partition coefficient (Wildman–Crippen LogP) is 3.11. The maximum absolute atomic E-state index is 12.9. The summed E-state index contributed by atoms with van der Waals surface area (Å²) in [6.45, 7) is 2.83. The van der Waals surface area contributed by atoms with E-state index in [1.165, 1.54) is 0 Å². The summed E-state index contributed by atoms with van der Waals surface area (Å²) in [6, 6.07) is 2.03. The second-order valence-corrected chi connectivity index (χ2v) is 5.37. The number of aliphatic hydroxyl groups excluding tert-OH is 1. The molecule has 4 nitrogen and oxygen atoms in total. The Morgan fingerprint density at radius 2 is 1.90 bits per heavy atom. The summed E-state index contributed by atoms with van der Waals surface area (Å²) in [5.74, 6) is 0.697. The van der Waals surface area contributed by atoms with Gasteiger partial charge in [-0.1, -0.05) is 0 Å². The number of alkyl halides is 3. The van der Waals surface area contributed by atoms with Gasteiger partial charge in [0, 0.05) is 13.1 Å². The highest BCUT2D eigenvalue weighted by Gasteiger charge is 2.32. The van der Waals surface area contributed by atoms with Crippen molar-refractivity contribution < 1.29 is 18.3 Å². The van der Waals surface area contributed by atoms with E-state index in [1.807, 2.05) is 0 Å². The van der Waals surface area contributed by atoms with Gasteiger partial charge in [-0.2, -0.15) is 13.2 Å². The van der Waals surface area contributed by atoms with Gasteiger partial charge in [-0.15, -0.1) is 0 Å². The lowest BCUT2D eigenvalue weighted by Crippen LogP contribution is -2.15. The quantitative estimate of drug-likeness (QED) is 0.782. The summed E-state index contributed by atoms with van der Waals surface area (Å²) in [5, 5.41) is 15.2. The zero-order valence-electron chi connectivity index (χ0n) is 11.9. The number of halogens is 3. The Hall–Kier alpha value is -1.50. The van der Waals surface area contributed by atoms with Gasteiger partial charge in [0.1, 0.15) is 11.6 Å². The minimum absolute atomic E-state index is 0.210. The van der Waals surface area contributed by atoms with Crippen LogP contribution in [-0.4, -0.2) is 29.3 Å². The van der Waals surface area contributed by atoms with Crippen molar-refractivity contribution in [2.75, 3.05) is 23.7 Å². The van der Waals surface area contributed by atoms with Crippen LogP contribution < -0.4 is 10.6 Å². The zero-order chi connectivity index (χ0) is 15.5. The lowest BCUT2D eigenvalue weighted by molar-refractivity contribution is -0.137. The topological polar surface area (TPSA) is 57.2 Å². The predicted molar refractivity (Wildman–Crippen MR) is 75.2 cm³/mol. The molecule has 21 heavy (non-hydrogen) atoms. The van der Waals surface area contributed by atoms with Crippen molar-refractivity contribution >= 4 is 11.6 Å². The normalized spacial score (nSPS) is 22.3. The number of pyridine rings is 1. The molecule has 2 rings (SSSR count). The van der Waals surface area contributed by atoms with Crippen LogP contribution in [-0.2, 0) is 6.18 Å². The summed E-state index contributed by atoms with van der Waals surface area (Å²) in [6.07, 6.45) is -2.36. The molecule has 2 unspecified atom stereocenters. The second-order valence-electron chi connectivity index (χ2n) is 5.37. The van der Waals surface area contributed by atoms with E-state index in [0.717, 1.165) is 25.0 Å². The average Bonchev–Trinajstić information content (AvgIpc) is 2.81. The monoisotopic (exact) mass is 303 g/mol. The molecule has 1 aliphatic carbocycles. The van der Waals surface area contributed by atoms with E-state index in [9.17, 15) is 18.3 Å². The third kappa shape index (κ3) is 4.49. The van der Waals surface area contributed by atoms with Crippen LogP contribution in [0.4, 0.5) is 24.8 Å². The Morgan fingerprint density at radius 3 is 2.43 bits per heavy atom. The van der Waals surface area contributed by atoms with Crippen molar-refractivity contribution in [2.45, 2.75) is 38.5 Å². The highest BCUT2D eigenvalue weighted by Crippen LogP contribution is 2.32. The second kappa shape index (κ2) is 6.51. The number of nitrogens with zero attached hydrogens (tertiary/aromatic N) is 1. The van der Waals surface area contributed by atoms with Gasteiger partial charge in [-0.3, -0.25) is 0 Å². The first-order valence-electron chi connectivity index (χ1n) is 7.13. The van der Waals surface area contributed by atoms with Crippen molar-refractivity contribution in [3.63, 3.8) is 0 Å². The standard InChI is InChI=1S/C14H20F3N3O/c1-2-18-12-6-10(14(15,16)17)7-13(20-12)19-8-9-3-4-11(21)5-9/h6-7,9,11,21H,2-5,8H2,1H3,(H2,18,19,20). The maximum atomic E-state index is 12.9. The molecule has 1 saturated carbocycles. The fraction of sp³-hybridized carbons (Fsp3) is 0.643. The number of hydrogen-bond acceptors (Lipinski definition) is 4. The van der Waals surface area contributed by atoms with Crippen LogP contribution in [0, 0.1) is 5.92 Å². The zero-order valence-corrected chi connectivity index (χ0v) is 11.9. The Morgan fingerprint density at radius 1 is 1.24 bits per heavy atom. The van der Waals surface area contributed by atoms with Gasteiger partial charge >= 0.3 is 6.18 Å². The van der Waals surface area contributed by atoms with E-state index in [0.29, 0.717) is 19.5 Å². The summed E-state index contributed by atoms with van der Waals surface area (Å²) >= 11 is 0. The maximum Gasteiger partial charge on any atom is 0.416 e. The SMILES string of the molecule is CCNc1cc(C(F)(F)F)cc(NCC2CCC(O)C2)n1. The molecule has 7 heteroatoms. The minimum Gasteiger partial charge on any atom is -0.393 e. The molecular weight excluding hydrogens is 283 g/mol. The average molecular weight is 303 g/mol. The highest BCUT2D eigenvalue weighted by molar-refractivity contribution is 5.49. The lowest BCUT2D eigenvalue weighted by Gasteiger charge is -2.15. The van der Waals surface area contributed by atoms with Gasteiger partial charge in [0.25, 0.3) is 0 Å². The van der Waals surface area contributed by atoms with Crippen LogP contribution in [0.15, 0.2) is 12.1 Å². The van der Waals surface area contributed by atoms with Crippen LogP contribution in [0.25, 0.3) is 0 Å². The highest BCUT2D eigenvalue weighted by atomic mass is 19.4. The summed E-state index contributed by atoms with van der Waals surface area (Å²) in [5.41, 5.74) is -0.720. The Bertz CT molecular complexity index is 479. The van der Waals surface area contributed by atoms with E-state index in [1.54, 1.807) is 6.92 Å². The van der Waals surface area contributed by atoms with Gasteiger partial charge in [-0.05, 0) is 44.2 Å². The van der Waals surface area contributed by atoms with Crippen LogP contribution in [0.2, 0.25) is 0 Å². The first-order chi connectivity index (χ1) is 9.88. The van der Waals surface area contributed by atoms with Gasteiger partial charge in [0.05, 0.1) is 11.7 Å². The van der Waals surface area contributed by atoms with Gasteiger partial charge < -0.3 is 15.7 Å². The van der Waals surface area contributed by atoms with Crippen molar-refractivity contribution in [3.8, 4) is 0 Å². The van der Waals surface area contributed by atoms with Crippen LogP contribution in [0.5, 0.6) is 0 Å². The van der Waals surface area contributed by atoms with Crippen molar-refractivity contribution in [3.05, 3.63) is 17.7 Å². The third-order valence-electron chi connectivity index (χ3n) is 3.60. The lowest BCUT2D eigenvalue weighted by atomic mass is 10.1. The van der Waals surface area contributed by atoms with Crippen LogP contribution >= 0.6 is 0 Å². The summed E-state index contributed by atoms with van der Waals surface area (Å²) in [7, 11) is 0. The third-order valence-corrected chi connectivity index (χ3v) is 3.60. The van der Waals surface area contributed by atoms with E-state index in [4.69, 9.17) is 0 Å².